The molecule has 0 fully saturated rings. The molecule has 0 N–H and O–H groups in total. The van der Waals surface area contributed by atoms with E-state index in [2.05, 4.69) is 4.99 Å². The van der Waals surface area contributed by atoms with Gasteiger partial charge in [0.15, 0.2) is 0 Å². The minimum atomic E-state index is 0.535. The number of benzene rings is 1. The average molecular weight is 200 g/mol. The van der Waals surface area contributed by atoms with E-state index in [1.807, 2.05) is 12.3 Å². The van der Waals surface area contributed by atoms with Crippen LogP contribution in [0.3, 0.4) is 0 Å². The Morgan fingerprint density at radius 2 is 2.33 bits per heavy atom. The van der Waals surface area contributed by atoms with Gasteiger partial charge < -0.3 is 0 Å². The first kappa shape index (κ1) is 9.33. The number of rotatable bonds is 2. The summed E-state index contributed by atoms with van der Waals surface area (Å²) in [6, 6.07) is 5.18. The highest BCUT2D eigenvalue weighted by atomic mass is 35.5. The number of hydrogen-bond acceptors (Lipinski definition) is 3. The van der Waals surface area contributed by atoms with E-state index >= 15 is 0 Å². The number of carbonyl (C=O) groups excluding carboxylic acids is 1. The van der Waals surface area contributed by atoms with Crippen LogP contribution in [0.5, 0.6) is 0 Å². The highest BCUT2D eigenvalue weighted by Crippen LogP contribution is 2.28. The van der Waals surface area contributed by atoms with E-state index in [9.17, 15) is 4.79 Å². The molecule has 1 aromatic rings. The molecule has 0 bridgehead atoms. The normalized spacial score (nSPS) is 9.17. The molecule has 2 nitrogen and oxygen atoms in total. The van der Waals surface area contributed by atoms with Crippen molar-refractivity contribution in [1.82, 2.24) is 0 Å². The molecule has 0 aliphatic carbocycles. The van der Waals surface area contributed by atoms with Crippen LogP contribution in [-0.4, -0.2) is 12.3 Å². The molecule has 0 aromatic heterocycles. The predicted molar refractivity (Wildman–Crippen MR) is 51.0 cm³/mol. The number of aliphatic imine (C=N–C) groups is 1. The minimum absolute atomic E-state index is 0.535. The first-order valence-corrected chi connectivity index (χ1v) is 4.79. The lowest BCUT2D eigenvalue weighted by Crippen LogP contribution is -1.72. The molecule has 0 aliphatic rings. The summed E-state index contributed by atoms with van der Waals surface area (Å²) in [6.45, 7) is 0. The smallest absolute Gasteiger partial charge is 0.211 e. The maximum absolute atomic E-state index is 9.90. The Morgan fingerprint density at radius 3 is 2.83 bits per heavy atom. The van der Waals surface area contributed by atoms with Gasteiger partial charge in [0.1, 0.15) is 0 Å². The van der Waals surface area contributed by atoms with Crippen LogP contribution in [-0.2, 0) is 4.79 Å². The Hall–Kier alpha value is -0.760. The summed E-state index contributed by atoms with van der Waals surface area (Å²) in [4.78, 5) is 14.3. The molecule has 0 heterocycles. The van der Waals surface area contributed by atoms with Crippen molar-refractivity contribution in [1.29, 1.82) is 0 Å². The summed E-state index contributed by atoms with van der Waals surface area (Å²) in [5.41, 5.74) is 0.535. The third kappa shape index (κ3) is 2.11. The van der Waals surface area contributed by atoms with Crippen LogP contribution in [0.25, 0.3) is 0 Å². The molecule has 0 unspecified atom stereocenters. The van der Waals surface area contributed by atoms with E-state index in [1.165, 1.54) is 6.08 Å². The van der Waals surface area contributed by atoms with Crippen molar-refractivity contribution in [3.63, 3.8) is 0 Å². The lowest BCUT2D eigenvalue weighted by Gasteiger charge is -1.99. The Morgan fingerprint density at radius 1 is 1.58 bits per heavy atom. The van der Waals surface area contributed by atoms with Gasteiger partial charge in [0.05, 0.1) is 10.7 Å². The molecule has 0 radical (unpaired) electrons. The highest BCUT2D eigenvalue weighted by Gasteiger charge is 1.98. The lowest BCUT2D eigenvalue weighted by atomic mass is 10.3. The van der Waals surface area contributed by atoms with Crippen molar-refractivity contribution in [3.8, 4) is 0 Å². The van der Waals surface area contributed by atoms with E-state index in [0.717, 1.165) is 4.90 Å². The number of isocyanates is 1. The summed E-state index contributed by atoms with van der Waals surface area (Å²) in [5, 5.41) is 0.610. The first-order chi connectivity index (χ1) is 5.77. The maximum Gasteiger partial charge on any atom is 0.240 e. The number of halogens is 1. The van der Waals surface area contributed by atoms with Gasteiger partial charge in [0, 0.05) is 4.90 Å². The van der Waals surface area contributed by atoms with Gasteiger partial charge in [-0.05, 0) is 24.5 Å². The van der Waals surface area contributed by atoms with Crippen molar-refractivity contribution in [2.75, 3.05) is 6.26 Å². The Kier molecular flexibility index (Phi) is 3.35. The topological polar surface area (TPSA) is 29.4 Å². The first-order valence-electron chi connectivity index (χ1n) is 3.19. The third-order valence-corrected chi connectivity index (χ3v) is 2.53. The summed E-state index contributed by atoms with van der Waals surface area (Å²) >= 11 is 7.40. The average Bonchev–Trinajstić information content (AvgIpc) is 2.05. The van der Waals surface area contributed by atoms with Crippen molar-refractivity contribution in [3.05, 3.63) is 23.2 Å². The molecule has 1 rings (SSSR count). The fourth-order valence-electron chi connectivity index (χ4n) is 0.778. The third-order valence-electron chi connectivity index (χ3n) is 1.31. The summed E-state index contributed by atoms with van der Waals surface area (Å²) < 4.78 is 0. The fraction of sp³-hybridized carbons (Fsp3) is 0.125. The van der Waals surface area contributed by atoms with Crippen molar-refractivity contribution < 1.29 is 4.79 Å². The van der Waals surface area contributed by atoms with Gasteiger partial charge in [-0.3, -0.25) is 0 Å². The minimum Gasteiger partial charge on any atom is -0.211 e. The maximum atomic E-state index is 9.90. The zero-order valence-electron chi connectivity index (χ0n) is 6.37. The Bertz CT molecular complexity index is 334. The molecule has 0 atom stereocenters. The van der Waals surface area contributed by atoms with Crippen molar-refractivity contribution in [2.45, 2.75) is 4.90 Å². The summed E-state index contributed by atoms with van der Waals surface area (Å²) in [6.07, 6.45) is 3.39. The van der Waals surface area contributed by atoms with Crippen LogP contribution in [0.4, 0.5) is 5.69 Å². The number of nitrogens with zero attached hydrogens (tertiary/aromatic N) is 1. The van der Waals surface area contributed by atoms with Gasteiger partial charge in [0.2, 0.25) is 6.08 Å². The molecule has 0 aliphatic heterocycles. The molecular weight excluding hydrogens is 194 g/mol. The largest absolute Gasteiger partial charge is 0.240 e. The second kappa shape index (κ2) is 4.31. The number of thioether (sulfide) groups is 1. The molecule has 1 aromatic carbocycles. The van der Waals surface area contributed by atoms with E-state index in [0.29, 0.717) is 10.7 Å². The second-order valence-corrected chi connectivity index (χ2v) is 3.28. The monoisotopic (exact) mass is 199 g/mol. The van der Waals surface area contributed by atoms with E-state index in [4.69, 9.17) is 11.6 Å². The highest BCUT2D eigenvalue weighted by molar-refractivity contribution is 7.98. The van der Waals surface area contributed by atoms with E-state index < -0.39 is 0 Å². The van der Waals surface area contributed by atoms with Gasteiger partial charge >= 0.3 is 0 Å². The van der Waals surface area contributed by atoms with Crippen LogP contribution in [0.15, 0.2) is 28.1 Å². The van der Waals surface area contributed by atoms with Crippen LogP contribution in [0.1, 0.15) is 0 Å². The van der Waals surface area contributed by atoms with Gasteiger partial charge in [-0.15, -0.1) is 11.8 Å². The van der Waals surface area contributed by atoms with Crippen molar-refractivity contribution >= 4 is 35.1 Å². The Balaban J connectivity index is 3.09. The van der Waals surface area contributed by atoms with Crippen LogP contribution in [0.2, 0.25) is 5.02 Å². The predicted octanol–water partition coefficient (Wildman–Crippen LogP) is 3.03. The zero-order valence-corrected chi connectivity index (χ0v) is 7.95. The second-order valence-electron chi connectivity index (χ2n) is 2.02. The zero-order chi connectivity index (χ0) is 8.97. The SMILES string of the molecule is CSc1ccc(N=C=O)cc1Cl. The van der Waals surface area contributed by atoms with Crippen molar-refractivity contribution in [2.24, 2.45) is 4.99 Å². The molecule has 4 heteroatoms. The van der Waals surface area contributed by atoms with Gasteiger partial charge in [-0.1, -0.05) is 11.6 Å². The quantitative estimate of drug-likeness (QED) is 0.416. The number of hydrogen-bond donors (Lipinski definition) is 0. The van der Waals surface area contributed by atoms with Gasteiger partial charge in [-0.25, -0.2) is 4.79 Å². The summed E-state index contributed by atoms with van der Waals surface area (Å²) in [5.74, 6) is 0. The fourth-order valence-corrected chi connectivity index (χ4v) is 1.64. The van der Waals surface area contributed by atoms with Crippen LogP contribution >= 0.6 is 23.4 Å². The molecule has 62 valence electrons. The Labute approximate surface area is 79.6 Å². The van der Waals surface area contributed by atoms with Gasteiger partial charge in [0.25, 0.3) is 0 Å². The molecule has 0 saturated heterocycles. The van der Waals surface area contributed by atoms with Crippen LogP contribution in [0, 0.1) is 0 Å². The molecular formula is C8H6ClNOS. The molecule has 0 amide bonds. The molecule has 0 spiro atoms. The molecule has 0 saturated carbocycles. The summed E-state index contributed by atoms with van der Waals surface area (Å²) in [7, 11) is 0. The van der Waals surface area contributed by atoms with E-state index in [-0.39, 0.29) is 0 Å². The van der Waals surface area contributed by atoms with Crippen LogP contribution < -0.4 is 0 Å². The standard InChI is InChI=1S/C8H6ClNOS/c1-12-8-3-2-6(10-5-11)4-7(8)9/h2-4H,1H3. The molecule has 12 heavy (non-hydrogen) atoms. The van der Waals surface area contributed by atoms with E-state index in [1.54, 1.807) is 23.9 Å². The lowest BCUT2D eigenvalue weighted by molar-refractivity contribution is 0.565. The van der Waals surface area contributed by atoms with Gasteiger partial charge in [-0.2, -0.15) is 4.99 Å².